The van der Waals surface area contributed by atoms with Crippen LogP contribution in [0.3, 0.4) is 0 Å². The van der Waals surface area contributed by atoms with E-state index in [1.165, 1.54) is 6.07 Å². The van der Waals surface area contributed by atoms with E-state index in [2.05, 4.69) is 20.1 Å². The fourth-order valence-electron chi connectivity index (χ4n) is 2.94. The van der Waals surface area contributed by atoms with Gasteiger partial charge in [0.1, 0.15) is 5.82 Å². The summed E-state index contributed by atoms with van der Waals surface area (Å²) in [6, 6.07) is 1.24. The third-order valence-corrected chi connectivity index (χ3v) is 3.96. The number of fused-ring (bicyclic) bond motifs is 3. The van der Waals surface area contributed by atoms with Crippen molar-refractivity contribution in [1.82, 2.24) is 15.2 Å². The van der Waals surface area contributed by atoms with Gasteiger partial charge in [0.15, 0.2) is 0 Å². The summed E-state index contributed by atoms with van der Waals surface area (Å²) in [4.78, 5) is 8.38. The maximum atomic E-state index is 12.8. The highest BCUT2D eigenvalue weighted by Crippen LogP contribution is 2.35. The molecule has 3 heterocycles. The number of pyridine rings is 1. The van der Waals surface area contributed by atoms with E-state index in [1.54, 1.807) is 0 Å². The number of likely N-dealkylation sites (N-methyl/N-ethyl adjacent to an activating group) is 1. The smallest absolute Gasteiger partial charge is 0.338 e. The molecule has 0 aromatic carbocycles. The van der Waals surface area contributed by atoms with Crippen molar-refractivity contribution < 1.29 is 13.2 Å². The number of nitrogens with one attached hydrogen (secondary N) is 1. The Morgan fingerprint density at radius 2 is 2.25 bits per heavy atom. The predicted molar refractivity (Wildman–Crippen MR) is 69.3 cm³/mol. The Kier molecular flexibility index (Phi) is 3.33. The monoisotopic (exact) mass is 286 g/mol. The van der Waals surface area contributed by atoms with Crippen molar-refractivity contribution in [3.63, 3.8) is 0 Å². The molecule has 0 bridgehead atoms. The van der Waals surface area contributed by atoms with Gasteiger partial charge in [-0.25, -0.2) is 4.98 Å². The molecule has 0 saturated carbocycles. The second-order valence-electron chi connectivity index (χ2n) is 5.15. The lowest BCUT2D eigenvalue weighted by Crippen LogP contribution is -2.61. The Balaban J connectivity index is 2.00. The minimum atomic E-state index is -4.33. The van der Waals surface area contributed by atoms with Gasteiger partial charge in [-0.15, -0.1) is 0 Å². The van der Waals surface area contributed by atoms with Crippen LogP contribution in [0, 0.1) is 0 Å². The zero-order valence-electron chi connectivity index (χ0n) is 11.2. The molecular weight excluding hydrogens is 269 g/mol. The number of halogens is 3. The van der Waals surface area contributed by atoms with E-state index in [-0.39, 0.29) is 6.17 Å². The Morgan fingerprint density at radius 1 is 1.45 bits per heavy atom. The maximum Gasteiger partial charge on any atom is 0.417 e. The first-order valence-corrected chi connectivity index (χ1v) is 6.78. The first-order valence-electron chi connectivity index (χ1n) is 6.78. The van der Waals surface area contributed by atoms with E-state index in [9.17, 15) is 13.2 Å². The van der Waals surface area contributed by atoms with E-state index < -0.39 is 11.7 Å². The fourth-order valence-corrected chi connectivity index (χ4v) is 2.94. The molecule has 3 rings (SSSR count). The summed E-state index contributed by atoms with van der Waals surface area (Å²) in [5.74, 6) is 0.703. The molecule has 7 heteroatoms. The van der Waals surface area contributed by atoms with Crippen LogP contribution in [0.2, 0.25) is 0 Å². The molecule has 0 radical (unpaired) electrons. The van der Waals surface area contributed by atoms with Crippen LogP contribution in [0.15, 0.2) is 12.3 Å². The molecule has 4 nitrogen and oxygen atoms in total. The van der Waals surface area contributed by atoms with Gasteiger partial charge in [-0.1, -0.05) is 6.92 Å². The van der Waals surface area contributed by atoms with Gasteiger partial charge in [-0.2, -0.15) is 13.2 Å². The van der Waals surface area contributed by atoms with Gasteiger partial charge in [0.05, 0.1) is 11.7 Å². The molecule has 110 valence electrons. The Hall–Kier alpha value is -1.34. The van der Waals surface area contributed by atoms with Crippen LogP contribution < -0.4 is 10.2 Å². The van der Waals surface area contributed by atoms with E-state index in [0.29, 0.717) is 17.9 Å². The molecule has 1 atom stereocenters. The number of piperazine rings is 1. The van der Waals surface area contributed by atoms with Crippen LogP contribution in [0.4, 0.5) is 19.0 Å². The van der Waals surface area contributed by atoms with Crippen molar-refractivity contribution in [1.29, 1.82) is 0 Å². The van der Waals surface area contributed by atoms with E-state index in [1.807, 2.05) is 6.92 Å². The zero-order chi connectivity index (χ0) is 14.3. The quantitative estimate of drug-likeness (QED) is 0.851. The van der Waals surface area contributed by atoms with Crippen molar-refractivity contribution in [2.24, 2.45) is 0 Å². The van der Waals surface area contributed by atoms with E-state index in [0.717, 1.165) is 32.4 Å². The number of alkyl halides is 3. The number of anilines is 1. The molecule has 1 saturated heterocycles. The van der Waals surface area contributed by atoms with Crippen LogP contribution in [0.5, 0.6) is 0 Å². The molecule has 0 amide bonds. The van der Waals surface area contributed by atoms with Gasteiger partial charge in [0.25, 0.3) is 0 Å². The average Bonchev–Trinajstić information content (AvgIpc) is 2.44. The van der Waals surface area contributed by atoms with Gasteiger partial charge < -0.3 is 10.2 Å². The molecule has 2 aliphatic rings. The van der Waals surface area contributed by atoms with Crippen molar-refractivity contribution in [3.8, 4) is 0 Å². The number of aromatic nitrogens is 1. The normalized spacial score (nSPS) is 23.4. The van der Waals surface area contributed by atoms with Crippen LogP contribution >= 0.6 is 0 Å². The lowest BCUT2D eigenvalue weighted by atomic mass is 10.1. The third kappa shape index (κ3) is 2.25. The van der Waals surface area contributed by atoms with Crippen LogP contribution in [-0.4, -0.2) is 42.2 Å². The highest BCUT2D eigenvalue weighted by Gasteiger charge is 2.37. The number of rotatable bonds is 1. The molecule has 1 aromatic heterocycles. The summed E-state index contributed by atoms with van der Waals surface area (Å²) >= 11 is 0. The highest BCUT2D eigenvalue weighted by molar-refractivity contribution is 5.52. The Morgan fingerprint density at radius 3 is 2.95 bits per heavy atom. The van der Waals surface area contributed by atoms with Crippen LogP contribution in [0.1, 0.15) is 18.1 Å². The topological polar surface area (TPSA) is 31.4 Å². The van der Waals surface area contributed by atoms with Crippen molar-refractivity contribution in [2.45, 2.75) is 25.8 Å². The summed E-state index contributed by atoms with van der Waals surface area (Å²) < 4.78 is 38.4. The summed E-state index contributed by atoms with van der Waals surface area (Å²) in [5.41, 5.74) is 0.000660. The second kappa shape index (κ2) is 4.89. The summed E-state index contributed by atoms with van der Waals surface area (Å²) in [6.07, 6.45) is -3.20. The number of nitrogens with zero attached hydrogens (tertiary/aromatic N) is 3. The number of hydrogen-bond acceptors (Lipinski definition) is 4. The Bertz CT molecular complexity index is 503. The first-order chi connectivity index (χ1) is 9.50. The van der Waals surface area contributed by atoms with E-state index >= 15 is 0 Å². The molecule has 0 spiro atoms. The molecule has 20 heavy (non-hydrogen) atoms. The van der Waals surface area contributed by atoms with Crippen molar-refractivity contribution in [3.05, 3.63) is 23.4 Å². The SMILES string of the molecule is CCN1Cc2cc(C(F)(F)F)cnc2N2CCNCC12. The molecule has 1 fully saturated rings. The largest absolute Gasteiger partial charge is 0.417 e. The lowest BCUT2D eigenvalue weighted by Gasteiger charge is -2.47. The van der Waals surface area contributed by atoms with E-state index in [4.69, 9.17) is 0 Å². The van der Waals surface area contributed by atoms with Gasteiger partial charge >= 0.3 is 6.18 Å². The van der Waals surface area contributed by atoms with Gasteiger partial charge in [0, 0.05) is 37.9 Å². The molecular formula is C13H17F3N4. The summed E-state index contributed by atoms with van der Waals surface area (Å²) in [5, 5.41) is 3.32. The second-order valence-corrected chi connectivity index (χ2v) is 5.15. The Labute approximate surface area is 115 Å². The zero-order valence-corrected chi connectivity index (χ0v) is 11.2. The van der Waals surface area contributed by atoms with Crippen molar-refractivity contribution >= 4 is 5.82 Å². The molecule has 1 aromatic rings. The van der Waals surface area contributed by atoms with Gasteiger partial charge in [-0.05, 0) is 12.6 Å². The molecule has 1 N–H and O–H groups in total. The minimum absolute atomic E-state index is 0.186. The summed E-state index contributed by atoms with van der Waals surface area (Å²) in [6.45, 7) is 5.77. The lowest BCUT2D eigenvalue weighted by molar-refractivity contribution is -0.137. The van der Waals surface area contributed by atoms with Crippen LogP contribution in [0.25, 0.3) is 0 Å². The van der Waals surface area contributed by atoms with Gasteiger partial charge in [0.2, 0.25) is 0 Å². The van der Waals surface area contributed by atoms with Crippen LogP contribution in [-0.2, 0) is 12.7 Å². The standard InChI is InChI=1S/C13H17F3N4/c1-2-19-8-9-5-10(13(14,15)16)6-18-12(9)20-4-3-17-7-11(19)20/h5-6,11,17H,2-4,7-8H2,1H3. The fraction of sp³-hybridized carbons (Fsp3) is 0.615. The summed E-state index contributed by atoms with van der Waals surface area (Å²) in [7, 11) is 0. The maximum absolute atomic E-state index is 12.8. The molecule has 2 aliphatic heterocycles. The third-order valence-electron chi connectivity index (χ3n) is 3.96. The van der Waals surface area contributed by atoms with Crippen molar-refractivity contribution in [2.75, 3.05) is 31.1 Å². The highest BCUT2D eigenvalue weighted by atomic mass is 19.4. The molecule has 1 unspecified atom stereocenters. The number of hydrogen-bond donors (Lipinski definition) is 1. The van der Waals surface area contributed by atoms with Gasteiger partial charge in [-0.3, -0.25) is 4.90 Å². The molecule has 0 aliphatic carbocycles. The predicted octanol–water partition coefficient (Wildman–Crippen LogP) is 1.67. The minimum Gasteiger partial charge on any atom is -0.338 e. The first kappa shape index (κ1) is 13.6. The average molecular weight is 286 g/mol.